The van der Waals surface area contributed by atoms with Crippen LogP contribution in [0.25, 0.3) is 0 Å². The number of aromatic hydroxyl groups is 1. The summed E-state index contributed by atoms with van der Waals surface area (Å²) in [7, 11) is 0. The van der Waals surface area contributed by atoms with Crippen molar-refractivity contribution < 1.29 is 9.90 Å². The van der Waals surface area contributed by atoms with Crippen molar-refractivity contribution in [1.29, 1.82) is 0 Å². The van der Waals surface area contributed by atoms with Crippen LogP contribution in [0, 0.1) is 6.92 Å². The second kappa shape index (κ2) is 4.65. The predicted molar refractivity (Wildman–Crippen MR) is 65.0 cm³/mol. The summed E-state index contributed by atoms with van der Waals surface area (Å²) in [5.74, 6) is -0.0490. The van der Waals surface area contributed by atoms with E-state index in [-0.39, 0.29) is 11.7 Å². The standard InChI is InChI=1S/C13H12N2O2/c1-9-6-10(8-14-7-9)13(17)15-11-2-4-12(16)5-3-11/h2-8,16H,1H3,(H,15,17). The molecule has 0 atom stereocenters. The van der Waals surface area contributed by atoms with Crippen LogP contribution in [0.4, 0.5) is 5.69 Å². The van der Waals surface area contributed by atoms with Crippen molar-refractivity contribution in [3.8, 4) is 5.75 Å². The van der Waals surface area contributed by atoms with Crippen molar-refractivity contribution in [3.05, 3.63) is 53.9 Å². The van der Waals surface area contributed by atoms with Crippen LogP contribution in [0.2, 0.25) is 0 Å². The van der Waals surface area contributed by atoms with Gasteiger partial charge in [-0.2, -0.15) is 0 Å². The molecule has 17 heavy (non-hydrogen) atoms. The van der Waals surface area contributed by atoms with E-state index in [1.54, 1.807) is 24.4 Å². The Morgan fingerprint density at radius 2 is 1.94 bits per heavy atom. The maximum absolute atomic E-state index is 11.8. The van der Waals surface area contributed by atoms with E-state index >= 15 is 0 Å². The number of nitrogens with one attached hydrogen (secondary N) is 1. The van der Waals surface area contributed by atoms with Crippen molar-refractivity contribution in [2.24, 2.45) is 0 Å². The minimum absolute atomic E-state index is 0.167. The highest BCUT2D eigenvalue weighted by Gasteiger charge is 2.06. The molecule has 0 radical (unpaired) electrons. The predicted octanol–water partition coefficient (Wildman–Crippen LogP) is 2.35. The third-order valence-electron chi connectivity index (χ3n) is 2.26. The molecule has 0 bridgehead atoms. The summed E-state index contributed by atoms with van der Waals surface area (Å²) in [6.07, 6.45) is 3.21. The molecule has 0 aliphatic heterocycles. The lowest BCUT2D eigenvalue weighted by Gasteiger charge is -2.05. The zero-order valence-corrected chi connectivity index (χ0v) is 9.34. The first-order valence-electron chi connectivity index (χ1n) is 5.17. The second-order valence-electron chi connectivity index (χ2n) is 3.75. The van der Waals surface area contributed by atoms with Gasteiger partial charge in [0, 0.05) is 18.1 Å². The number of benzene rings is 1. The third-order valence-corrected chi connectivity index (χ3v) is 2.26. The Morgan fingerprint density at radius 1 is 1.24 bits per heavy atom. The number of pyridine rings is 1. The highest BCUT2D eigenvalue weighted by Crippen LogP contribution is 2.14. The number of aryl methyl sites for hydroxylation is 1. The number of hydrogen-bond acceptors (Lipinski definition) is 3. The maximum atomic E-state index is 11.8. The quantitative estimate of drug-likeness (QED) is 0.775. The number of carbonyl (C=O) groups is 1. The summed E-state index contributed by atoms with van der Waals surface area (Å²) in [6.45, 7) is 1.88. The van der Waals surface area contributed by atoms with E-state index in [0.717, 1.165) is 5.56 Å². The molecule has 4 heteroatoms. The van der Waals surface area contributed by atoms with E-state index in [4.69, 9.17) is 5.11 Å². The van der Waals surface area contributed by atoms with Gasteiger partial charge >= 0.3 is 0 Å². The van der Waals surface area contributed by atoms with Gasteiger partial charge in [0.1, 0.15) is 5.75 Å². The van der Waals surface area contributed by atoms with E-state index in [1.807, 2.05) is 6.92 Å². The zero-order chi connectivity index (χ0) is 12.3. The summed E-state index contributed by atoms with van der Waals surface area (Å²) < 4.78 is 0. The fourth-order valence-electron chi connectivity index (χ4n) is 1.43. The maximum Gasteiger partial charge on any atom is 0.257 e. The van der Waals surface area contributed by atoms with Crippen LogP contribution in [0.3, 0.4) is 0 Å². The van der Waals surface area contributed by atoms with Gasteiger partial charge in [0.05, 0.1) is 5.56 Å². The van der Waals surface area contributed by atoms with Gasteiger partial charge in [-0.1, -0.05) is 0 Å². The highest BCUT2D eigenvalue weighted by molar-refractivity contribution is 6.04. The molecule has 1 heterocycles. The van der Waals surface area contributed by atoms with Crippen LogP contribution in [-0.2, 0) is 0 Å². The average molecular weight is 228 g/mol. The van der Waals surface area contributed by atoms with Crippen molar-refractivity contribution >= 4 is 11.6 Å². The van der Waals surface area contributed by atoms with Gasteiger partial charge in [0.15, 0.2) is 0 Å². The number of aromatic nitrogens is 1. The molecule has 0 aliphatic carbocycles. The van der Waals surface area contributed by atoms with Crippen LogP contribution in [-0.4, -0.2) is 16.0 Å². The lowest BCUT2D eigenvalue weighted by atomic mass is 10.2. The fourth-order valence-corrected chi connectivity index (χ4v) is 1.43. The molecular weight excluding hydrogens is 216 g/mol. The van der Waals surface area contributed by atoms with Crippen molar-refractivity contribution in [1.82, 2.24) is 4.98 Å². The summed E-state index contributed by atoms with van der Waals surface area (Å²) in [4.78, 5) is 15.8. The lowest BCUT2D eigenvalue weighted by Crippen LogP contribution is -2.12. The molecule has 0 spiro atoms. The smallest absolute Gasteiger partial charge is 0.257 e. The van der Waals surface area contributed by atoms with Gasteiger partial charge in [-0.25, -0.2) is 0 Å². The summed E-state index contributed by atoms with van der Waals surface area (Å²) in [5.41, 5.74) is 2.08. The molecule has 2 rings (SSSR count). The first-order chi connectivity index (χ1) is 8.15. The van der Waals surface area contributed by atoms with E-state index in [9.17, 15) is 4.79 Å². The molecule has 0 aliphatic rings. The van der Waals surface area contributed by atoms with E-state index in [0.29, 0.717) is 11.3 Å². The van der Waals surface area contributed by atoms with E-state index in [1.165, 1.54) is 18.3 Å². The van der Waals surface area contributed by atoms with Crippen LogP contribution in [0.15, 0.2) is 42.7 Å². The van der Waals surface area contributed by atoms with Gasteiger partial charge in [0.25, 0.3) is 5.91 Å². The number of amides is 1. The zero-order valence-electron chi connectivity index (χ0n) is 9.34. The van der Waals surface area contributed by atoms with Gasteiger partial charge in [-0.3, -0.25) is 9.78 Å². The van der Waals surface area contributed by atoms with Gasteiger partial charge in [0.2, 0.25) is 0 Å². The Bertz CT molecular complexity index is 535. The van der Waals surface area contributed by atoms with E-state index in [2.05, 4.69) is 10.3 Å². The molecule has 0 saturated carbocycles. The number of carbonyl (C=O) groups excluding carboxylic acids is 1. The van der Waals surface area contributed by atoms with Crippen LogP contribution in [0.1, 0.15) is 15.9 Å². The second-order valence-corrected chi connectivity index (χ2v) is 3.75. The Morgan fingerprint density at radius 3 is 2.59 bits per heavy atom. The minimum Gasteiger partial charge on any atom is -0.508 e. The molecule has 2 N–H and O–H groups in total. The van der Waals surface area contributed by atoms with Crippen LogP contribution >= 0.6 is 0 Å². The molecule has 0 fully saturated rings. The number of phenols is 1. The molecule has 86 valence electrons. The molecule has 4 nitrogen and oxygen atoms in total. The normalized spacial score (nSPS) is 9.94. The van der Waals surface area contributed by atoms with Crippen LogP contribution in [0.5, 0.6) is 5.75 Å². The Labute approximate surface area is 98.9 Å². The molecule has 1 amide bonds. The molecule has 1 aromatic carbocycles. The number of rotatable bonds is 2. The number of phenolic OH excluding ortho intramolecular Hbond substituents is 1. The first-order valence-corrected chi connectivity index (χ1v) is 5.17. The van der Waals surface area contributed by atoms with Crippen molar-refractivity contribution in [2.75, 3.05) is 5.32 Å². The molecule has 1 aromatic heterocycles. The molecule has 0 saturated heterocycles. The summed E-state index contributed by atoms with van der Waals surface area (Å²) in [6, 6.07) is 8.07. The summed E-state index contributed by atoms with van der Waals surface area (Å²) in [5, 5.41) is 11.8. The third kappa shape index (κ3) is 2.81. The number of hydrogen-bond donors (Lipinski definition) is 2. The largest absolute Gasteiger partial charge is 0.508 e. The van der Waals surface area contributed by atoms with Crippen molar-refractivity contribution in [2.45, 2.75) is 6.92 Å². The van der Waals surface area contributed by atoms with Crippen LogP contribution < -0.4 is 5.32 Å². The number of anilines is 1. The van der Waals surface area contributed by atoms with Gasteiger partial charge in [-0.05, 0) is 42.8 Å². The lowest BCUT2D eigenvalue weighted by molar-refractivity contribution is 0.102. The Kier molecular flexibility index (Phi) is 3.05. The number of nitrogens with zero attached hydrogens (tertiary/aromatic N) is 1. The van der Waals surface area contributed by atoms with Crippen molar-refractivity contribution in [3.63, 3.8) is 0 Å². The first kappa shape index (κ1) is 11.1. The average Bonchev–Trinajstić information content (AvgIpc) is 2.32. The SMILES string of the molecule is Cc1cncc(C(=O)Nc2ccc(O)cc2)c1. The monoisotopic (exact) mass is 228 g/mol. The minimum atomic E-state index is -0.216. The fraction of sp³-hybridized carbons (Fsp3) is 0.0769. The van der Waals surface area contributed by atoms with E-state index < -0.39 is 0 Å². The highest BCUT2D eigenvalue weighted by atomic mass is 16.3. The molecule has 2 aromatic rings. The molecule has 0 unspecified atom stereocenters. The molecular formula is C13H12N2O2. The topological polar surface area (TPSA) is 62.2 Å². The van der Waals surface area contributed by atoms with Gasteiger partial charge in [-0.15, -0.1) is 0 Å². The Hall–Kier alpha value is -2.36. The Balaban J connectivity index is 2.14. The summed E-state index contributed by atoms with van der Waals surface area (Å²) >= 11 is 0. The van der Waals surface area contributed by atoms with Gasteiger partial charge < -0.3 is 10.4 Å².